The molecule has 0 aliphatic heterocycles. The van der Waals surface area contributed by atoms with Crippen molar-refractivity contribution in [2.24, 2.45) is 4.99 Å². The number of rotatable bonds is 7. The van der Waals surface area contributed by atoms with E-state index in [2.05, 4.69) is 15.6 Å². The Hall–Kier alpha value is -1.83. The van der Waals surface area contributed by atoms with Gasteiger partial charge >= 0.3 is 0 Å². The summed E-state index contributed by atoms with van der Waals surface area (Å²) in [5.41, 5.74) is 0.697. The van der Waals surface area contributed by atoms with Crippen LogP contribution in [0.1, 0.15) is 5.56 Å². The zero-order valence-electron chi connectivity index (χ0n) is 13.7. The molecular formula is C18H23FIN3O. The van der Waals surface area contributed by atoms with Crippen molar-refractivity contribution in [1.29, 1.82) is 0 Å². The lowest BCUT2D eigenvalue weighted by Gasteiger charge is -2.12. The number of guanidine groups is 1. The zero-order valence-corrected chi connectivity index (χ0v) is 16.0. The predicted octanol–water partition coefficient (Wildman–Crippen LogP) is 3.23. The molecule has 0 radical (unpaired) electrons. The molecule has 24 heavy (non-hydrogen) atoms. The molecule has 2 N–H and O–H groups in total. The fraction of sp³-hybridized carbons (Fsp3) is 0.278. The van der Waals surface area contributed by atoms with Gasteiger partial charge in [0.1, 0.15) is 18.2 Å². The minimum atomic E-state index is -0.173. The molecule has 2 rings (SSSR count). The summed E-state index contributed by atoms with van der Waals surface area (Å²) in [6, 6.07) is 16.5. The number of aliphatic imine (C=N–C) groups is 1. The fourth-order valence-electron chi connectivity index (χ4n) is 2.09. The maximum absolute atomic E-state index is 13.5. The highest BCUT2D eigenvalue weighted by atomic mass is 127. The van der Waals surface area contributed by atoms with Crippen LogP contribution in [-0.2, 0) is 6.42 Å². The maximum Gasteiger partial charge on any atom is 0.191 e. The van der Waals surface area contributed by atoms with E-state index in [1.165, 1.54) is 6.07 Å². The third-order valence-electron chi connectivity index (χ3n) is 3.27. The highest BCUT2D eigenvalue weighted by molar-refractivity contribution is 14.0. The summed E-state index contributed by atoms with van der Waals surface area (Å²) in [6.45, 7) is 1.78. The molecule has 0 unspecified atom stereocenters. The van der Waals surface area contributed by atoms with E-state index in [-0.39, 0.29) is 29.8 Å². The van der Waals surface area contributed by atoms with Crippen LogP contribution in [0, 0.1) is 5.82 Å². The quantitative estimate of drug-likeness (QED) is 0.299. The predicted molar refractivity (Wildman–Crippen MR) is 107 cm³/mol. The summed E-state index contributed by atoms with van der Waals surface area (Å²) >= 11 is 0. The number of hydrogen-bond donors (Lipinski definition) is 2. The summed E-state index contributed by atoms with van der Waals surface area (Å²) in [6.07, 6.45) is 0.605. The molecule has 0 amide bonds. The number of nitrogens with one attached hydrogen (secondary N) is 2. The second kappa shape index (κ2) is 11.7. The molecule has 130 valence electrons. The molecular weight excluding hydrogens is 420 g/mol. The highest BCUT2D eigenvalue weighted by Gasteiger charge is 2.01. The molecule has 0 fully saturated rings. The molecule has 0 saturated heterocycles. The van der Waals surface area contributed by atoms with Crippen LogP contribution in [0.5, 0.6) is 5.75 Å². The van der Waals surface area contributed by atoms with Crippen LogP contribution in [0.3, 0.4) is 0 Å². The Kier molecular flexibility index (Phi) is 9.83. The van der Waals surface area contributed by atoms with Crippen molar-refractivity contribution in [2.75, 3.05) is 26.7 Å². The topological polar surface area (TPSA) is 45.7 Å². The van der Waals surface area contributed by atoms with Crippen molar-refractivity contribution in [3.05, 3.63) is 66.0 Å². The van der Waals surface area contributed by atoms with E-state index in [4.69, 9.17) is 4.74 Å². The third-order valence-corrected chi connectivity index (χ3v) is 3.27. The number of hydrogen-bond acceptors (Lipinski definition) is 2. The average molecular weight is 443 g/mol. The van der Waals surface area contributed by atoms with E-state index in [1.807, 2.05) is 36.4 Å². The standard InChI is InChI=1S/C18H22FN3O.HI/c1-20-18(21-12-11-15-7-5-6-10-17(15)19)22-13-14-23-16-8-3-2-4-9-16;/h2-10H,11-14H2,1H3,(H2,20,21,22);1H. The molecule has 2 aromatic rings. The van der Waals surface area contributed by atoms with Crippen molar-refractivity contribution in [2.45, 2.75) is 6.42 Å². The number of para-hydroxylation sites is 1. The first-order valence-electron chi connectivity index (χ1n) is 7.65. The number of halogens is 2. The van der Waals surface area contributed by atoms with Crippen molar-refractivity contribution >= 4 is 29.9 Å². The third kappa shape index (κ3) is 7.16. The largest absolute Gasteiger partial charge is 0.492 e. The van der Waals surface area contributed by atoms with Gasteiger partial charge in [-0.2, -0.15) is 0 Å². The lowest BCUT2D eigenvalue weighted by Crippen LogP contribution is -2.40. The van der Waals surface area contributed by atoms with E-state index in [9.17, 15) is 4.39 Å². The Balaban J connectivity index is 0.00000288. The van der Waals surface area contributed by atoms with Crippen molar-refractivity contribution in [3.63, 3.8) is 0 Å². The normalized spacial score (nSPS) is 10.7. The number of ether oxygens (including phenoxy) is 1. The van der Waals surface area contributed by atoms with Gasteiger partial charge in [0.2, 0.25) is 0 Å². The lowest BCUT2D eigenvalue weighted by molar-refractivity contribution is 0.322. The average Bonchev–Trinajstić information content (AvgIpc) is 2.59. The van der Waals surface area contributed by atoms with E-state index >= 15 is 0 Å². The van der Waals surface area contributed by atoms with Crippen LogP contribution < -0.4 is 15.4 Å². The molecule has 6 heteroatoms. The number of benzene rings is 2. The Morgan fingerprint density at radius 3 is 2.38 bits per heavy atom. The monoisotopic (exact) mass is 443 g/mol. The van der Waals surface area contributed by atoms with Gasteiger partial charge in [-0.3, -0.25) is 4.99 Å². The van der Waals surface area contributed by atoms with Crippen LogP contribution in [-0.4, -0.2) is 32.7 Å². The van der Waals surface area contributed by atoms with Crippen LogP contribution in [0.15, 0.2) is 59.6 Å². The van der Waals surface area contributed by atoms with Gasteiger partial charge in [0.15, 0.2) is 5.96 Å². The summed E-state index contributed by atoms with van der Waals surface area (Å²) in [4.78, 5) is 4.13. The van der Waals surface area contributed by atoms with E-state index < -0.39 is 0 Å². The van der Waals surface area contributed by atoms with Gasteiger partial charge in [0, 0.05) is 13.6 Å². The Morgan fingerprint density at radius 2 is 1.67 bits per heavy atom. The van der Waals surface area contributed by atoms with E-state index in [1.54, 1.807) is 19.2 Å². The van der Waals surface area contributed by atoms with Gasteiger partial charge in [-0.15, -0.1) is 24.0 Å². The first-order chi connectivity index (χ1) is 11.3. The fourth-order valence-corrected chi connectivity index (χ4v) is 2.09. The van der Waals surface area contributed by atoms with Gasteiger partial charge in [0.05, 0.1) is 6.54 Å². The highest BCUT2D eigenvalue weighted by Crippen LogP contribution is 2.07. The first kappa shape index (κ1) is 20.2. The molecule has 0 aromatic heterocycles. The molecule has 4 nitrogen and oxygen atoms in total. The molecule has 0 heterocycles. The molecule has 0 saturated carbocycles. The Bertz CT molecular complexity index is 623. The van der Waals surface area contributed by atoms with Gasteiger partial charge in [-0.25, -0.2) is 4.39 Å². The molecule has 0 aliphatic carbocycles. The van der Waals surface area contributed by atoms with Crippen LogP contribution >= 0.6 is 24.0 Å². The molecule has 0 spiro atoms. The summed E-state index contributed by atoms with van der Waals surface area (Å²) in [7, 11) is 1.70. The smallest absolute Gasteiger partial charge is 0.191 e. The van der Waals surface area contributed by atoms with Gasteiger partial charge in [-0.05, 0) is 30.2 Å². The molecule has 0 bridgehead atoms. The summed E-state index contributed by atoms with van der Waals surface area (Å²) < 4.78 is 19.1. The minimum absolute atomic E-state index is 0. The maximum atomic E-state index is 13.5. The minimum Gasteiger partial charge on any atom is -0.492 e. The van der Waals surface area contributed by atoms with Crippen molar-refractivity contribution < 1.29 is 9.13 Å². The van der Waals surface area contributed by atoms with E-state index in [0.29, 0.717) is 37.6 Å². The van der Waals surface area contributed by atoms with Gasteiger partial charge < -0.3 is 15.4 Å². The summed E-state index contributed by atoms with van der Waals surface area (Å²) in [5, 5.41) is 6.32. The summed E-state index contributed by atoms with van der Waals surface area (Å²) in [5.74, 6) is 1.35. The van der Waals surface area contributed by atoms with Crippen LogP contribution in [0.25, 0.3) is 0 Å². The second-order valence-electron chi connectivity index (χ2n) is 4.93. The Labute approximate surface area is 159 Å². The van der Waals surface area contributed by atoms with Crippen molar-refractivity contribution in [3.8, 4) is 5.75 Å². The van der Waals surface area contributed by atoms with Crippen LogP contribution in [0.2, 0.25) is 0 Å². The molecule has 0 aliphatic rings. The first-order valence-corrected chi connectivity index (χ1v) is 7.65. The molecule has 0 atom stereocenters. The van der Waals surface area contributed by atoms with Gasteiger partial charge in [0.25, 0.3) is 0 Å². The van der Waals surface area contributed by atoms with Crippen LogP contribution in [0.4, 0.5) is 4.39 Å². The second-order valence-corrected chi connectivity index (χ2v) is 4.93. The van der Waals surface area contributed by atoms with Crippen molar-refractivity contribution in [1.82, 2.24) is 10.6 Å². The Morgan fingerprint density at radius 1 is 1.00 bits per heavy atom. The SMILES string of the molecule is CN=C(NCCOc1ccccc1)NCCc1ccccc1F.I. The molecule has 2 aromatic carbocycles. The zero-order chi connectivity index (χ0) is 16.3. The number of nitrogens with zero attached hydrogens (tertiary/aromatic N) is 1. The van der Waals surface area contributed by atoms with Gasteiger partial charge in [-0.1, -0.05) is 36.4 Å². The lowest BCUT2D eigenvalue weighted by atomic mass is 10.1. The van der Waals surface area contributed by atoms with E-state index in [0.717, 1.165) is 5.75 Å².